The van der Waals surface area contributed by atoms with Crippen LogP contribution in [0.4, 0.5) is 4.39 Å². The summed E-state index contributed by atoms with van der Waals surface area (Å²) in [4.78, 5) is 0. The van der Waals surface area contributed by atoms with Crippen molar-refractivity contribution in [1.82, 2.24) is 0 Å². The fraction of sp³-hybridized carbons (Fsp3) is 0.200. The van der Waals surface area contributed by atoms with Crippen molar-refractivity contribution >= 4 is 39.1 Å². The number of aryl methyl sites for hydroxylation is 2. The first-order valence-electron chi connectivity index (χ1n) is 5.76. The summed E-state index contributed by atoms with van der Waals surface area (Å²) < 4.78 is 14.4. The maximum Gasteiger partial charge on any atom is 0.127 e. The largest absolute Gasteiger partial charge is 0.207 e. The molecule has 0 nitrogen and oxygen atoms in total. The molecule has 0 amide bonds. The average Bonchev–Trinajstić information content (AvgIpc) is 2.36. The third kappa shape index (κ3) is 3.13. The highest BCUT2D eigenvalue weighted by Gasteiger charge is 2.16. The van der Waals surface area contributed by atoms with Crippen LogP contribution in [0.25, 0.3) is 0 Å². The normalized spacial score (nSPS) is 12.5. The smallest absolute Gasteiger partial charge is 0.127 e. The highest BCUT2D eigenvalue weighted by Crippen LogP contribution is 2.36. The molecule has 1 atom stereocenters. The monoisotopic (exact) mass is 360 g/mol. The van der Waals surface area contributed by atoms with E-state index in [4.69, 9.17) is 23.2 Å². The fourth-order valence-corrected chi connectivity index (χ4v) is 2.76. The second kappa shape index (κ2) is 5.82. The van der Waals surface area contributed by atoms with E-state index in [9.17, 15) is 4.39 Å². The Labute approximate surface area is 130 Å². The number of alkyl halides is 1. The molecule has 1 unspecified atom stereocenters. The van der Waals surface area contributed by atoms with E-state index in [0.717, 1.165) is 21.2 Å². The van der Waals surface area contributed by atoms with Crippen molar-refractivity contribution in [1.29, 1.82) is 0 Å². The molecule has 100 valence electrons. The first-order valence-corrected chi connectivity index (χ1v) is 7.36. The second-order valence-corrected chi connectivity index (χ2v) is 6.19. The summed E-state index contributed by atoms with van der Waals surface area (Å²) in [6, 6.07) is 8.89. The SMILES string of the molecule is Cc1cc(C(Cl)c2ccc(Br)c(C)c2)c(Cl)cc1F. The van der Waals surface area contributed by atoms with E-state index in [2.05, 4.69) is 15.9 Å². The van der Waals surface area contributed by atoms with Crippen LogP contribution < -0.4 is 0 Å². The number of rotatable bonds is 2. The first-order chi connectivity index (χ1) is 8.90. The highest BCUT2D eigenvalue weighted by molar-refractivity contribution is 9.10. The number of hydrogen-bond donors (Lipinski definition) is 0. The molecular weight excluding hydrogens is 350 g/mol. The summed E-state index contributed by atoms with van der Waals surface area (Å²) in [7, 11) is 0. The maximum absolute atomic E-state index is 13.4. The van der Waals surface area contributed by atoms with Crippen LogP contribution in [0.1, 0.15) is 27.6 Å². The molecule has 0 spiro atoms. The molecule has 0 N–H and O–H groups in total. The lowest BCUT2D eigenvalue weighted by molar-refractivity contribution is 0.618. The summed E-state index contributed by atoms with van der Waals surface area (Å²) in [6.45, 7) is 3.69. The molecule has 0 aliphatic carbocycles. The molecule has 0 fully saturated rings. The molecule has 2 rings (SSSR count). The molecular formula is C15H12BrCl2F. The van der Waals surface area contributed by atoms with E-state index in [-0.39, 0.29) is 5.82 Å². The Morgan fingerprint density at radius 1 is 1.11 bits per heavy atom. The molecule has 0 aliphatic rings. The lowest BCUT2D eigenvalue weighted by atomic mass is 10.0. The van der Waals surface area contributed by atoms with Crippen LogP contribution in [0.2, 0.25) is 5.02 Å². The Hall–Kier alpha value is -0.570. The molecule has 19 heavy (non-hydrogen) atoms. The molecule has 4 heteroatoms. The van der Waals surface area contributed by atoms with Crippen molar-refractivity contribution in [3.05, 3.63) is 67.9 Å². The van der Waals surface area contributed by atoms with Gasteiger partial charge in [-0.3, -0.25) is 0 Å². The Kier molecular flexibility index (Phi) is 4.54. The van der Waals surface area contributed by atoms with Gasteiger partial charge in [0.25, 0.3) is 0 Å². The average molecular weight is 362 g/mol. The molecule has 2 aromatic rings. The van der Waals surface area contributed by atoms with Gasteiger partial charge in [0, 0.05) is 9.50 Å². The molecule has 2 aromatic carbocycles. The second-order valence-electron chi connectivity index (χ2n) is 4.49. The van der Waals surface area contributed by atoms with E-state index in [1.54, 1.807) is 13.0 Å². The van der Waals surface area contributed by atoms with Gasteiger partial charge < -0.3 is 0 Å². The molecule has 0 aliphatic heterocycles. The van der Waals surface area contributed by atoms with Gasteiger partial charge in [-0.05, 0) is 54.3 Å². The highest BCUT2D eigenvalue weighted by atomic mass is 79.9. The Morgan fingerprint density at radius 2 is 1.79 bits per heavy atom. The lowest BCUT2D eigenvalue weighted by Gasteiger charge is -2.14. The van der Waals surface area contributed by atoms with Gasteiger partial charge >= 0.3 is 0 Å². The molecule has 0 heterocycles. The fourth-order valence-electron chi connectivity index (χ4n) is 1.88. The predicted molar refractivity (Wildman–Crippen MR) is 82.7 cm³/mol. The molecule has 0 radical (unpaired) electrons. The minimum absolute atomic E-state index is 0.315. The van der Waals surface area contributed by atoms with Gasteiger partial charge in [0.1, 0.15) is 5.82 Å². The molecule has 0 saturated carbocycles. The predicted octanol–water partition coefficient (Wildman–Crippen LogP) is 6.19. The summed E-state index contributed by atoms with van der Waals surface area (Å²) in [5, 5.41) is -0.0396. The van der Waals surface area contributed by atoms with E-state index >= 15 is 0 Å². The van der Waals surface area contributed by atoms with Crippen LogP contribution in [0.3, 0.4) is 0 Å². The molecule has 0 aromatic heterocycles. The maximum atomic E-state index is 13.4. The third-order valence-corrected chi connectivity index (χ3v) is 4.73. The quantitative estimate of drug-likeness (QED) is 0.559. The van der Waals surface area contributed by atoms with E-state index in [1.807, 2.05) is 25.1 Å². The van der Waals surface area contributed by atoms with E-state index in [0.29, 0.717) is 10.6 Å². The summed E-state index contributed by atoms with van der Waals surface area (Å²) in [6.07, 6.45) is 0. The zero-order chi connectivity index (χ0) is 14.2. The summed E-state index contributed by atoms with van der Waals surface area (Å²) in [5.74, 6) is -0.315. The van der Waals surface area contributed by atoms with Crippen LogP contribution in [0.15, 0.2) is 34.8 Å². The molecule has 0 saturated heterocycles. The number of benzene rings is 2. The zero-order valence-corrected chi connectivity index (χ0v) is 13.6. The summed E-state index contributed by atoms with van der Waals surface area (Å²) >= 11 is 16.0. The van der Waals surface area contributed by atoms with Crippen LogP contribution in [0, 0.1) is 19.7 Å². The Balaban J connectivity index is 2.46. The number of hydrogen-bond acceptors (Lipinski definition) is 0. The van der Waals surface area contributed by atoms with E-state index < -0.39 is 5.38 Å². The lowest BCUT2D eigenvalue weighted by Crippen LogP contribution is -1.97. The van der Waals surface area contributed by atoms with E-state index in [1.165, 1.54) is 6.07 Å². The Morgan fingerprint density at radius 3 is 2.42 bits per heavy atom. The van der Waals surface area contributed by atoms with Crippen LogP contribution >= 0.6 is 39.1 Å². The van der Waals surface area contributed by atoms with Gasteiger partial charge in [-0.1, -0.05) is 39.7 Å². The molecule has 0 bridgehead atoms. The summed E-state index contributed by atoms with van der Waals surface area (Å²) in [5.41, 5.74) is 3.30. The van der Waals surface area contributed by atoms with Gasteiger partial charge in [0.2, 0.25) is 0 Å². The zero-order valence-electron chi connectivity index (χ0n) is 10.5. The topological polar surface area (TPSA) is 0 Å². The van der Waals surface area contributed by atoms with Crippen LogP contribution in [0.5, 0.6) is 0 Å². The van der Waals surface area contributed by atoms with Crippen LogP contribution in [-0.4, -0.2) is 0 Å². The van der Waals surface area contributed by atoms with Gasteiger partial charge in [0.15, 0.2) is 0 Å². The van der Waals surface area contributed by atoms with Gasteiger partial charge in [0.05, 0.1) is 5.38 Å². The first kappa shape index (κ1) is 14.8. The van der Waals surface area contributed by atoms with Crippen molar-refractivity contribution in [2.45, 2.75) is 19.2 Å². The van der Waals surface area contributed by atoms with Crippen LogP contribution in [-0.2, 0) is 0 Å². The van der Waals surface area contributed by atoms with Crippen molar-refractivity contribution in [3.63, 3.8) is 0 Å². The Bertz CT molecular complexity index is 626. The van der Waals surface area contributed by atoms with Gasteiger partial charge in [-0.2, -0.15) is 0 Å². The third-order valence-electron chi connectivity index (χ3n) is 3.03. The van der Waals surface area contributed by atoms with Crippen molar-refractivity contribution in [3.8, 4) is 0 Å². The van der Waals surface area contributed by atoms with Crippen molar-refractivity contribution in [2.24, 2.45) is 0 Å². The minimum atomic E-state index is -0.390. The van der Waals surface area contributed by atoms with Gasteiger partial charge in [-0.25, -0.2) is 4.39 Å². The van der Waals surface area contributed by atoms with Gasteiger partial charge in [-0.15, -0.1) is 11.6 Å². The van der Waals surface area contributed by atoms with Crippen molar-refractivity contribution < 1.29 is 4.39 Å². The standard InChI is InChI=1S/C15H12BrCl2F/c1-8-5-10(3-4-12(8)16)15(18)11-6-9(2)14(19)7-13(11)17/h3-7,15H,1-2H3. The van der Waals surface area contributed by atoms with Crippen molar-refractivity contribution in [2.75, 3.05) is 0 Å². The minimum Gasteiger partial charge on any atom is -0.207 e. The number of halogens is 4.